The molecule has 0 saturated carbocycles. The van der Waals surface area contributed by atoms with E-state index in [2.05, 4.69) is 13.5 Å². The van der Waals surface area contributed by atoms with Crippen molar-refractivity contribution in [2.75, 3.05) is 6.61 Å². The van der Waals surface area contributed by atoms with Crippen molar-refractivity contribution in [1.82, 2.24) is 0 Å². The molecule has 22 heavy (non-hydrogen) atoms. The topological polar surface area (TPSA) is 35.5 Å². The SMILES string of the molecule is C=CCCOc1ccc(C(=O)Oc2ccc(CC)cc2)cc1. The molecule has 0 bridgehead atoms. The molecular weight excluding hydrogens is 276 g/mol. The lowest BCUT2D eigenvalue weighted by Gasteiger charge is -2.07. The minimum Gasteiger partial charge on any atom is -0.493 e. The van der Waals surface area contributed by atoms with Crippen LogP contribution in [0, 0.1) is 0 Å². The summed E-state index contributed by atoms with van der Waals surface area (Å²) in [5, 5.41) is 0. The zero-order chi connectivity index (χ0) is 15.8. The van der Waals surface area contributed by atoms with Crippen LogP contribution in [0.15, 0.2) is 61.2 Å². The summed E-state index contributed by atoms with van der Waals surface area (Å²) in [6.45, 7) is 6.30. The van der Waals surface area contributed by atoms with E-state index < -0.39 is 0 Å². The normalized spacial score (nSPS) is 10.0. The zero-order valence-electron chi connectivity index (χ0n) is 12.7. The third-order valence-corrected chi connectivity index (χ3v) is 3.22. The maximum atomic E-state index is 12.1. The highest BCUT2D eigenvalue weighted by Gasteiger charge is 2.08. The van der Waals surface area contributed by atoms with Gasteiger partial charge in [0.1, 0.15) is 11.5 Å². The molecule has 0 spiro atoms. The molecule has 0 N–H and O–H groups in total. The van der Waals surface area contributed by atoms with Gasteiger partial charge in [-0.15, -0.1) is 6.58 Å². The van der Waals surface area contributed by atoms with Crippen molar-refractivity contribution in [1.29, 1.82) is 0 Å². The van der Waals surface area contributed by atoms with E-state index in [9.17, 15) is 4.79 Å². The first-order valence-corrected chi connectivity index (χ1v) is 7.38. The van der Waals surface area contributed by atoms with Gasteiger partial charge < -0.3 is 9.47 Å². The van der Waals surface area contributed by atoms with E-state index in [4.69, 9.17) is 9.47 Å². The van der Waals surface area contributed by atoms with Crippen LogP contribution in [0.4, 0.5) is 0 Å². The highest BCUT2D eigenvalue weighted by molar-refractivity contribution is 5.91. The van der Waals surface area contributed by atoms with Crippen LogP contribution in [-0.4, -0.2) is 12.6 Å². The molecule has 0 atom stereocenters. The second-order valence-electron chi connectivity index (χ2n) is 4.84. The first-order chi connectivity index (χ1) is 10.7. The van der Waals surface area contributed by atoms with Crippen molar-refractivity contribution < 1.29 is 14.3 Å². The maximum absolute atomic E-state index is 12.1. The van der Waals surface area contributed by atoms with Gasteiger partial charge in [0.15, 0.2) is 0 Å². The summed E-state index contributed by atoms with van der Waals surface area (Å²) in [6, 6.07) is 14.5. The Bertz CT molecular complexity index is 612. The Kier molecular flexibility index (Phi) is 5.78. The zero-order valence-corrected chi connectivity index (χ0v) is 12.7. The second kappa shape index (κ2) is 8.03. The van der Waals surface area contributed by atoms with Crippen LogP contribution >= 0.6 is 0 Å². The second-order valence-corrected chi connectivity index (χ2v) is 4.84. The van der Waals surface area contributed by atoms with Crippen molar-refractivity contribution >= 4 is 5.97 Å². The van der Waals surface area contributed by atoms with E-state index >= 15 is 0 Å². The Morgan fingerprint density at radius 2 is 1.68 bits per heavy atom. The summed E-state index contributed by atoms with van der Waals surface area (Å²) in [7, 11) is 0. The smallest absolute Gasteiger partial charge is 0.343 e. The van der Waals surface area contributed by atoms with Gasteiger partial charge >= 0.3 is 5.97 Å². The minimum atomic E-state index is -0.373. The number of carbonyl (C=O) groups excluding carboxylic acids is 1. The lowest BCUT2D eigenvalue weighted by atomic mass is 10.2. The van der Waals surface area contributed by atoms with Crippen molar-refractivity contribution in [3.8, 4) is 11.5 Å². The minimum absolute atomic E-state index is 0.373. The fourth-order valence-electron chi connectivity index (χ4n) is 1.91. The summed E-state index contributed by atoms with van der Waals surface area (Å²) in [5.74, 6) is 0.904. The molecule has 0 radical (unpaired) electrons. The Labute approximate surface area is 131 Å². The molecule has 3 heteroatoms. The van der Waals surface area contributed by atoms with Crippen LogP contribution in [0.2, 0.25) is 0 Å². The molecule has 0 amide bonds. The van der Waals surface area contributed by atoms with Crippen molar-refractivity contribution in [2.45, 2.75) is 19.8 Å². The van der Waals surface area contributed by atoms with Crippen LogP contribution in [0.3, 0.4) is 0 Å². The predicted molar refractivity (Wildman–Crippen MR) is 87.5 cm³/mol. The first kappa shape index (κ1) is 15.8. The lowest BCUT2D eigenvalue weighted by molar-refractivity contribution is 0.0734. The summed E-state index contributed by atoms with van der Waals surface area (Å²) in [4.78, 5) is 12.1. The monoisotopic (exact) mass is 296 g/mol. The van der Waals surface area contributed by atoms with Crippen molar-refractivity contribution in [3.05, 3.63) is 72.3 Å². The third kappa shape index (κ3) is 4.48. The average molecular weight is 296 g/mol. The molecule has 0 aromatic heterocycles. The predicted octanol–water partition coefficient (Wildman–Crippen LogP) is 4.42. The van der Waals surface area contributed by atoms with E-state index in [0.29, 0.717) is 17.9 Å². The highest BCUT2D eigenvalue weighted by atomic mass is 16.5. The number of rotatable bonds is 7. The van der Waals surface area contributed by atoms with Crippen LogP contribution < -0.4 is 9.47 Å². The van der Waals surface area contributed by atoms with Crippen LogP contribution in [0.25, 0.3) is 0 Å². The number of hydrogen-bond donors (Lipinski definition) is 0. The Balaban J connectivity index is 1.95. The lowest BCUT2D eigenvalue weighted by Crippen LogP contribution is -2.08. The molecule has 3 nitrogen and oxygen atoms in total. The number of carbonyl (C=O) groups is 1. The van der Waals surface area contributed by atoms with Gasteiger partial charge in [-0.3, -0.25) is 0 Å². The van der Waals surface area contributed by atoms with Gasteiger partial charge in [0.05, 0.1) is 12.2 Å². The van der Waals surface area contributed by atoms with E-state index in [1.54, 1.807) is 30.3 Å². The average Bonchev–Trinajstić information content (AvgIpc) is 2.56. The van der Waals surface area contributed by atoms with E-state index in [1.165, 1.54) is 5.56 Å². The van der Waals surface area contributed by atoms with Gasteiger partial charge in [0.25, 0.3) is 0 Å². The van der Waals surface area contributed by atoms with E-state index in [-0.39, 0.29) is 5.97 Å². The van der Waals surface area contributed by atoms with E-state index in [0.717, 1.165) is 18.6 Å². The van der Waals surface area contributed by atoms with Gasteiger partial charge in [-0.1, -0.05) is 25.1 Å². The molecule has 2 aromatic rings. The summed E-state index contributed by atoms with van der Waals surface area (Å²) in [5.41, 5.74) is 1.71. The number of benzene rings is 2. The quantitative estimate of drug-likeness (QED) is 0.328. The van der Waals surface area contributed by atoms with Gasteiger partial charge in [-0.25, -0.2) is 4.79 Å². The van der Waals surface area contributed by atoms with Crippen LogP contribution in [0.5, 0.6) is 11.5 Å². The molecule has 0 unspecified atom stereocenters. The van der Waals surface area contributed by atoms with E-state index in [1.807, 2.05) is 24.3 Å². The summed E-state index contributed by atoms with van der Waals surface area (Å²) < 4.78 is 10.8. The maximum Gasteiger partial charge on any atom is 0.343 e. The molecular formula is C19H20O3. The van der Waals surface area contributed by atoms with Gasteiger partial charge in [0, 0.05) is 0 Å². The Morgan fingerprint density at radius 1 is 1.05 bits per heavy atom. The fraction of sp³-hybridized carbons (Fsp3) is 0.211. The van der Waals surface area contributed by atoms with Crippen LogP contribution in [0.1, 0.15) is 29.3 Å². The Morgan fingerprint density at radius 3 is 2.27 bits per heavy atom. The molecule has 0 aliphatic rings. The molecule has 0 fully saturated rings. The molecule has 2 rings (SSSR count). The van der Waals surface area contributed by atoms with Crippen molar-refractivity contribution in [2.24, 2.45) is 0 Å². The van der Waals surface area contributed by atoms with Crippen molar-refractivity contribution in [3.63, 3.8) is 0 Å². The molecule has 114 valence electrons. The van der Waals surface area contributed by atoms with Crippen LogP contribution in [-0.2, 0) is 6.42 Å². The third-order valence-electron chi connectivity index (χ3n) is 3.22. The highest BCUT2D eigenvalue weighted by Crippen LogP contribution is 2.17. The molecule has 0 saturated heterocycles. The number of ether oxygens (including phenoxy) is 2. The molecule has 0 heterocycles. The number of hydrogen-bond acceptors (Lipinski definition) is 3. The fourth-order valence-corrected chi connectivity index (χ4v) is 1.91. The number of esters is 1. The summed E-state index contributed by atoms with van der Waals surface area (Å²) in [6.07, 6.45) is 3.55. The molecule has 0 aliphatic heterocycles. The van der Waals surface area contributed by atoms with Gasteiger partial charge in [0.2, 0.25) is 0 Å². The molecule has 2 aromatic carbocycles. The standard InChI is InChI=1S/C19H20O3/c1-3-5-14-21-17-12-8-16(9-13-17)19(20)22-18-10-6-15(4-2)7-11-18/h3,6-13H,1,4-5,14H2,2H3. The Hall–Kier alpha value is -2.55. The first-order valence-electron chi connectivity index (χ1n) is 7.38. The summed E-state index contributed by atoms with van der Waals surface area (Å²) >= 11 is 0. The van der Waals surface area contributed by atoms with Gasteiger partial charge in [-0.2, -0.15) is 0 Å². The largest absolute Gasteiger partial charge is 0.493 e. The number of aryl methyl sites for hydroxylation is 1. The van der Waals surface area contributed by atoms with Gasteiger partial charge in [-0.05, 0) is 54.8 Å². The molecule has 0 aliphatic carbocycles.